The first-order valence-corrected chi connectivity index (χ1v) is 8.08. The molecule has 98 valence electrons. The van der Waals surface area contributed by atoms with Crippen LogP contribution in [0.1, 0.15) is 25.3 Å². The summed E-state index contributed by atoms with van der Waals surface area (Å²) in [5, 5.41) is 11.9. The first kappa shape index (κ1) is 14.3. The van der Waals surface area contributed by atoms with E-state index in [0.29, 0.717) is 18.1 Å². The first-order valence-electron chi connectivity index (χ1n) is 5.61. The van der Waals surface area contributed by atoms with E-state index < -0.39 is 10.0 Å². The fourth-order valence-corrected chi connectivity index (χ4v) is 3.20. The van der Waals surface area contributed by atoms with Gasteiger partial charge >= 0.3 is 0 Å². The molecule has 0 bridgehead atoms. The summed E-state index contributed by atoms with van der Waals surface area (Å²) in [7, 11) is -3.29. The van der Waals surface area contributed by atoms with Gasteiger partial charge in [0, 0.05) is 0 Å². The van der Waals surface area contributed by atoms with Gasteiger partial charge in [-0.25, -0.2) is 8.42 Å². The van der Waals surface area contributed by atoms with Crippen LogP contribution in [0.3, 0.4) is 0 Å². The Balaban J connectivity index is 2.43. The third-order valence-electron chi connectivity index (χ3n) is 2.03. The second kappa shape index (κ2) is 6.87. The Morgan fingerprint density at radius 3 is 2.65 bits per heavy atom. The molecule has 0 saturated carbocycles. The average Bonchev–Trinajstić information content (AvgIpc) is 2.71. The van der Waals surface area contributed by atoms with E-state index >= 15 is 0 Å². The van der Waals surface area contributed by atoms with Crippen LogP contribution in [0.5, 0.6) is 0 Å². The molecule has 1 rings (SSSR count). The minimum Gasteiger partial charge on any atom is -0.317 e. The van der Waals surface area contributed by atoms with E-state index in [-0.39, 0.29) is 5.75 Å². The maximum atomic E-state index is 11.7. The van der Waals surface area contributed by atoms with E-state index in [9.17, 15) is 8.42 Å². The Kier molecular flexibility index (Phi) is 5.79. The molecule has 0 radical (unpaired) electrons. The number of hydrogen-bond acceptors (Lipinski definition) is 6. The Bertz CT molecular complexity index is 430. The van der Waals surface area contributed by atoms with Crippen molar-refractivity contribution in [3.05, 3.63) is 5.01 Å². The summed E-state index contributed by atoms with van der Waals surface area (Å²) in [4.78, 5) is 0. The smallest absolute Gasteiger partial charge is 0.234 e. The molecule has 0 atom stereocenters. The fraction of sp³-hybridized carbons (Fsp3) is 0.778. The van der Waals surface area contributed by atoms with Gasteiger partial charge in [-0.3, -0.25) is 4.72 Å². The van der Waals surface area contributed by atoms with Gasteiger partial charge in [-0.05, 0) is 25.9 Å². The summed E-state index contributed by atoms with van der Waals surface area (Å²) < 4.78 is 25.8. The van der Waals surface area contributed by atoms with Crippen molar-refractivity contribution in [2.24, 2.45) is 0 Å². The van der Waals surface area contributed by atoms with Gasteiger partial charge in [-0.2, -0.15) is 0 Å². The lowest BCUT2D eigenvalue weighted by Crippen LogP contribution is -2.21. The first-order chi connectivity index (χ1) is 8.07. The lowest BCUT2D eigenvalue weighted by molar-refractivity contribution is 0.595. The number of nitrogens with one attached hydrogen (secondary N) is 2. The molecule has 0 fully saturated rings. The summed E-state index contributed by atoms with van der Waals surface area (Å²) in [6, 6.07) is 0. The zero-order chi connectivity index (χ0) is 12.7. The number of hydrogen-bond donors (Lipinski definition) is 2. The molecular weight excluding hydrogens is 260 g/mol. The number of anilines is 1. The molecule has 6 nitrogen and oxygen atoms in total. The van der Waals surface area contributed by atoms with Crippen LogP contribution in [-0.4, -0.2) is 37.5 Å². The summed E-state index contributed by atoms with van der Waals surface area (Å²) in [5.74, 6) is 0.0983. The van der Waals surface area contributed by atoms with Crippen LogP contribution in [0.4, 0.5) is 5.13 Å². The Hall–Kier alpha value is -0.730. The van der Waals surface area contributed by atoms with Gasteiger partial charge in [0.25, 0.3) is 0 Å². The number of aromatic nitrogens is 2. The number of sulfonamides is 1. The predicted octanol–water partition coefficient (Wildman–Crippen LogP) is 0.842. The lowest BCUT2D eigenvalue weighted by atomic mass is 10.5. The molecule has 0 aromatic carbocycles. The van der Waals surface area contributed by atoms with Crippen molar-refractivity contribution in [1.82, 2.24) is 15.5 Å². The molecule has 0 spiro atoms. The maximum Gasteiger partial charge on any atom is 0.234 e. The number of rotatable bonds is 8. The largest absolute Gasteiger partial charge is 0.317 e. The summed E-state index contributed by atoms with van der Waals surface area (Å²) in [6.07, 6.45) is 1.35. The van der Waals surface area contributed by atoms with Crippen molar-refractivity contribution < 1.29 is 8.42 Å². The van der Waals surface area contributed by atoms with E-state index in [4.69, 9.17) is 0 Å². The van der Waals surface area contributed by atoms with Gasteiger partial charge in [0.1, 0.15) is 5.01 Å². The third-order valence-corrected chi connectivity index (χ3v) is 4.47. The van der Waals surface area contributed by atoms with Crippen molar-refractivity contribution in [3.8, 4) is 0 Å². The molecule has 0 saturated heterocycles. The minimum atomic E-state index is -3.29. The Morgan fingerprint density at radius 2 is 2.06 bits per heavy atom. The van der Waals surface area contributed by atoms with Crippen LogP contribution < -0.4 is 10.0 Å². The fourth-order valence-electron chi connectivity index (χ4n) is 1.19. The third kappa shape index (κ3) is 5.42. The lowest BCUT2D eigenvalue weighted by Gasteiger charge is -2.04. The molecule has 0 aliphatic rings. The van der Waals surface area contributed by atoms with E-state index in [1.165, 1.54) is 11.3 Å². The normalized spacial score (nSPS) is 11.6. The van der Waals surface area contributed by atoms with Gasteiger partial charge in [-0.1, -0.05) is 25.2 Å². The molecule has 17 heavy (non-hydrogen) atoms. The van der Waals surface area contributed by atoms with Crippen molar-refractivity contribution >= 4 is 26.5 Å². The van der Waals surface area contributed by atoms with Crippen LogP contribution in [0.2, 0.25) is 0 Å². The van der Waals surface area contributed by atoms with E-state index in [1.807, 2.05) is 13.8 Å². The SMILES string of the molecule is CCNCCCS(=O)(=O)Nc1nnc(CC)s1. The van der Waals surface area contributed by atoms with Crippen molar-refractivity contribution in [2.45, 2.75) is 26.7 Å². The van der Waals surface area contributed by atoms with Gasteiger partial charge in [-0.15, -0.1) is 10.2 Å². The molecule has 1 heterocycles. The molecule has 0 amide bonds. The number of aryl methyl sites for hydroxylation is 1. The van der Waals surface area contributed by atoms with Crippen LogP contribution in [-0.2, 0) is 16.4 Å². The second-order valence-corrected chi connectivity index (χ2v) is 6.39. The zero-order valence-electron chi connectivity index (χ0n) is 10.1. The monoisotopic (exact) mass is 278 g/mol. The highest BCUT2D eigenvalue weighted by Crippen LogP contribution is 2.16. The average molecular weight is 278 g/mol. The molecule has 0 unspecified atom stereocenters. The molecule has 0 aliphatic heterocycles. The van der Waals surface area contributed by atoms with Crippen LogP contribution in [0.25, 0.3) is 0 Å². The number of nitrogens with zero attached hydrogens (tertiary/aromatic N) is 2. The van der Waals surface area contributed by atoms with Gasteiger partial charge in [0.15, 0.2) is 0 Å². The van der Waals surface area contributed by atoms with E-state index in [1.54, 1.807) is 0 Å². The highest BCUT2D eigenvalue weighted by molar-refractivity contribution is 7.92. The maximum absolute atomic E-state index is 11.7. The Labute approximate surface area is 106 Å². The summed E-state index contributed by atoms with van der Waals surface area (Å²) in [5.41, 5.74) is 0. The van der Waals surface area contributed by atoms with Crippen LogP contribution in [0, 0.1) is 0 Å². The summed E-state index contributed by atoms with van der Waals surface area (Å²) >= 11 is 1.28. The highest BCUT2D eigenvalue weighted by Gasteiger charge is 2.12. The van der Waals surface area contributed by atoms with Crippen molar-refractivity contribution in [1.29, 1.82) is 0 Å². The van der Waals surface area contributed by atoms with Crippen molar-refractivity contribution in [2.75, 3.05) is 23.6 Å². The molecule has 0 aliphatic carbocycles. The molecule has 1 aromatic rings. The van der Waals surface area contributed by atoms with E-state index in [0.717, 1.165) is 18.0 Å². The highest BCUT2D eigenvalue weighted by atomic mass is 32.2. The zero-order valence-corrected chi connectivity index (χ0v) is 11.7. The van der Waals surface area contributed by atoms with Gasteiger partial charge in [0.05, 0.1) is 5.75 Å². The summed E-state index contributed by atoms with van der Waals surface area (Å²) in [6.45, 7) is 5.49. The molecule has 1 aromatic heterocycles. The Morgan fingerprint density at radius 1 is 1.29 bits per heavy atom. The second-order valence-electron chi connectivity index (χ2n) is 3.48. The molecule has 2 N–H and O–H groups in total. The standard InChI is InChI=1S/C9H18N4O2S2/c1-3-8-11-12-9(16-8)13-17(14,15)7-5-6-10-4-2/h10H,3-7H2,1-2H3,(H,12,13). The van der Waals surface area contributed by atoms with Crippen molar-refractivity contribution in [3.63, 3.8) is 0 Å². The minimum absolute atomic E-state index is 0.0983. The predicted molar refractivity (Wildman–Crippen MR) is 69.9 cm³/mol. The topological polar surface area (TPSA) is 84.0 Å². The molecule has 8 heteroatoms. The van der Waals surface area contributed by atoms with Gasteiger partial charge in [0.2, 0.25) is 15.2 Å². The molecular formula is C9H18N4O2S2. The van der Waals surface area contributed by atoms with E-state index in [2.05, 4.69) is 20.2 Å². The van der Waals surface area contributed by atoms with Crippen LogP contribution >= 0.6 is 11.3 Å². The van der Waals surface area contributed by atoms with Crippen LogP contribution in [0.15, 0.2) is 0 Å². The quantitative estimate of drug-likeness (QED) is 0.688. The van der Waals surface area contributed by atoms with Gasteiger partial charge < -0.3 is 5.32 Å².